The third-order valence-electron chi connectivity index (χ3n) is 11.1. The van der Waals surface area contributed by atoms with Crippen LogP contribution in [0.25, 0.3) is 78.3 Å². The maximum atomic E-state index is 5.23. The van der Waals surface area contributed by atoms with Gasteiger partial charge in [-0.1, -0.05) is 176 Å². The summed E-state index contributed by atoms with van der Waals surface area (Å²) in [5, 5.41) is 2.33. The van der Waals surface area contributed by atoms with E-state index in [0.29, 0.717) is 17.5 Å². The molecule has 3 nitrogen and oxygen atoms in total. The summed E-state index contributed by atoms with van der Waals surface area (Å²) in [6.45, 7) is 0. The first kappa shape index (κ1) is 29.7. The van der Waals surface area contributed by atoms with E-state index in [1.54, 1.807) is 0 Å². The van der Waals surface area contributed by atoms with E-state index in [1.807, 2.05) is 6.07 Å². The van der Waals surface area contributed by atoms with Crippen molar-refractivity contribution in [2.45, 2.75) is 5.41 Å². The predicted molar refractivity (Wildman–Crippen MR) is 215 cm³/mol. The van der Waals surface area contributed by atoms with Gasteiger partial charge in [-0.2, -0.15) is 0 Å². The minimum atomic E-state index is -0.445. The van der Waals surface area contributed by atoms with Crippen LogP contribution in [-0.4, -0.2) is 15.0 Å². The normalized spacial score (nSPS) is 13.1. The van der Waals surface area contributed by atoms with Gasteiger partial charge in [0, 0.05) is 16.7 Å². The zero-order valence-corrected chi connectivity index (χ0v) is 28.7. The van der Waals surface area contributed by atoms with E-state index in [-0.39, 0.29) is 0 Å². The molecule has 246 valence electrons. The van der Waals surface area contributed by atoms with Gasteiger partial charge in [-0.15, -0.1) is 0 Å². The van der Waals surface area contributed by atoms with Crippen molar-refractivity contribution in [2.75, 3.05) is 0 Å². The molecule has 2 aliphatic rings. The summed E-state index contributed by atoms with van der Waals surface area (Å²) in [5.41, 5.74) is 15.0. The van der Waals surface area contributed by atoms with E-state index in [0.717, 1.165) is 27.6 Å². The maximum absolute atomic E-state index is 5.23. The van der Waals surface area contributed by atoms with Gasteiger partial charge in [0.2, 0.25) is 0 Å². The van der Waals surface area contributed by atoms with E-state index >= 15 is 0 Å². The molecule has 53 heavy (non-hydrogen) atoms. The molecule has 0 unspecified atom stereocenters. The Morgan fingerprint density at radius 2 is 0.679 bits per heavy atom. The third-order valence-corrected chi connectivity index (χ3v) is 11.1. The van der Waals surface area contributed by atoms with Gasteiger partial charge >= 0.3 is 0 Å². The van der Waals surface area contributed by atoms with Crippen LogP contribution in [0.3, 0.4) is 0 Å². The molecule has 0 radical (unpaired) electrons. The zero-order chi connectivity index (χ0) is 34.9. The summed E-state index contributed by atoms with van der Waals surface area (Å²) in [4.78, 5) is 15.6. The second-order valence-electron chi connectivity index (χ2n) is 14.0. The topological polar surface area (TPSA) is 38.7 Å². The van der Waals surface area contributed by atoms with Gasteiger partial charge in [-0.05, 0) is 78.5 Å². The molecule has 3 heteroatoms. The summed E-state index contributed by atoms with van der Waals surface area (Å²) >= 11 is 0. The molecule has 1 heterocycles. The molecule has 0 atom stereocenters. The Kier molecular flexibility index (Phi) is 6.47. The van der Waals surface area contributed by atoms with Gasteiger partial charge in [0.05, 0.1) is 5.41 Å². The molecule has 2 aliphatic carbocycles. The van der Waals surface area contributed by atoms with Crippen LogP contribution in [0.15, 0.2) is 188 Å². The Morgan fingerprint density at radius 3 is 1.30 bits per heavy atom. The van der Waals surface area contributed by atoms with Crippen LogP contribution in [0.5, 0.6) is 0 Å². The van der Waals surface area contributed by atoms with Gasteiger partial charge < -0.3 is 0 Å². The van der Waals surface area contributed by atoms with Gasteiger partial charge in [0.15, 0.2) is 17.5 Å². The highest BCUT2D eigenvalue weighted by Gasteiger charge is 2.51. The fourth-order valence-corrected chi connectivity index (χ4v) is 8.77. The smallest absolute Gasteiger partial charge is 0.164 e. The average molecular weight is 674 g/mol. The quantitative estimate of drug-likeness (QED) is 0.187. The number of aromatic nitrogens is 3. The Balaban J connectivity index is 1.13. The molecule has 0 aliphatic heterocycles. The summed E-state index contributed by atoms with van der Waals surface area (Å²) in [7, 11) is 0. The van der Waals surface area contributed by atoms with Gasteiger partial charge in [-0.3, -0.25) is 0 Å². The molecule has 0 fully saturated rings. The Labute approximate surface area is 308 Å². The SMILES string of the molecule is c1ccc(-c2ccc(-c3nc(-c4ccc5c(c4)C4(c6ccccc6-c6ccccc64)c4ccccc4-5)nc(-c4ccc5ccccc5c4)n3)cc2)cc1. The molecule has 9 aromatic rings. The Morgan fingerprint density at radius 1 is 0.264 bits per heavy atom. The molecular weight excluding hydrogens is 643 g/mol. The summed E-state index contributed by atoms with van der Waals surface area (Å²) in [5.74, 6) is 1.95. The number of rotatable bonds is 4. The molecule has 0 N–H and O–H groups in total. The minimum Gasteiger partial charge on any atom is -0.208 e. The Bertz CT molecular complexity index is 2830. The Hall–Kier alpha value is -6.97. The van der Waals surface area contributed by atoms with Crippen LogP contribution in [0, 0.1) is 0 Å². The highest BCUT2D eigenvalue weighted by molar-refractivity contribution is 5.96. The number of nitrogens with zero attached hydrogens (tertiary/aromatic N) is 3. The first-order valence-electron chi connectivity index (χ1n) is 18.1. The number of fused-ring (bicyclic) bond motifs is 11. The molecule has 0 saturated heterocycles. The second kappa shape index (κ2) is 11.5. The lowest BCUT2D eigenvalue weighted by Gasteiger charge is -2.30. The standard InChI is InChI=1S/C50H31N3/c1-2-12-32(13-3-1)34-22-25-35(26-23-34)47-51-48(37-27-24-33-14-4-5-15-36(33)30-37)53-49(52-47)38-28-29-42-41-18-8-11-21-45(41)50(46(42)31-38)43-19-9-6-16-39(43)40-17-7-10-20-44(40)50/h1-31H. The lowest BCUT2D eigenvalue weighted by molar-refractivity contribution is 0.794. The largest absolute Gasteiger partial charge is 0.208 e. The first-order chi connectivity index (χ1) is 26.3. The van der Waals surface area contributed by atoms with Crippen LogP contribution < -0.4 is 0 Å². The first-order valence-corrected chi connectivity index (χ1v) is 18.1. The maximum Gasteiger partial charge on any atom is 0.164 e. The predicted octanol–water partition coefficient (Wildman–Crippen LogP) is 12.0. The van der Waals surface area contributed by atoms with Crippen molar-refractivity contribution in [3.05, 3.63) is 210 Å². The molecule has 0 saturated carbocycles. The molecule has 0 bridgehead atoms. The van der Waals surface area contributed by atoms with Crippen molar-refractivity contribution < 1.29 is 0 Å². The van der Waals surface area contributed by atoms with E-state index in [1.165, 1.54) is 55.5 Å². The number of hydrogen-bond acceptors (Lipinski definition) is 3. The van der Waals surface area contributed by atoms with Crippen LogP contribution >= 0.6 is 0 Å². The molecule has 8 aromatic carbocycles. The number of hydrogen-bond donors (Lipinski definition) is 0. The number of benzene rings is 8. The van der Waals surface area contributed by atoms with Crippen molar-refractivity contribution >= 4 is 10.8 Å². The summed E-state index contributed by atoms with van der Waals surface area (Å²) < 4.78 is 0. The van der Waals surface area contributed by atoms with Crippen molar-refractivity contribution in [3.63, 3.8) is 0 Å². The molecular formula is C50H31N3. The second-order valence-corrected chi connectivity index (χ2v) is 14.0. The highest BCUT2D eigenvalue weighted by Crippen LogP contribution is 2.63. The van der Waals surface area contributed by atoms with E-state index in [4.69, 9.17) is 15.0 Å². The van der Waals surface area contributed by atoms with Crippen LogP contribution in [-0.2, 0) is 5.41 Å². The summed E-state index contributed by atoms with van der Waals surface area (Å²) in [6.07, 6.45) is 0. The monoisotopic (exact) mass is 673 g/mol. The highest BCUT2D eigenvalue weighted by atomic mass is 15.0. The summed E-state index contributed by atoms with van der Waals surface area (Å²) in [6, 6.07) is 67.4. The molecule has 11 rings (SSSR count). The van der Waals surface area contributed by atoms with E-state index in [2.05, 4.69) is 182 Å². The van der Waals surface area contributed by atoms with E-state index < -0.39 is 5.41 Å². The van der Waals surface area contributed by atoms with Crippen LogP contribution in [0.2, 0.25) is 0 Å². The van der Waals surface area contributed by atoms with Crippen molar-refractivity contribution in [1.29, 1.82) is 0 Å². The zero-order valence-electron chi connectivity index (χ0n) is 28.7. The fraction of sp³-hybridized carbons (Fsp3) is 0.0200. The third kappa shape index (κ3) is 4.44. The lowest BCUT2D eigenvalue weighted by atomic mass is 9.70. The van der Waals surface area contributed by atoms with Crippen LogP contribution in [0.1, 0.15) is 22.3 Å². The van der Waals surface area contributed by atoms with Gasteiger partial charge in [0.1, 0.15) is 0 Å². The minimum absolute atomic E-state index is 0.445. The molecule has 1 spiro atoms. The van der Waals surface area contributed by atoms with Crippen molar-refractivity contribution in [3.8, 4) is 67.5 Å². The van der Waals surface area contributed by atoms with Gasteiger partial charge in [-0.25, -0.2) is 15.0 Å². The average Bonchev–Trinajstić information content (AvgIpc) is 3.71. The van der Waals surface area contributed by atoms with Crippen molar-refractivity contribution in [2.24, 2.45) is 0 Å². The van der Waals surface area contributed by atoms with Crippen molar-refractivity contribution in [1.82, 2.24) is 15.0 Å². The molecule has 0 amide bonds. The molecule has 1 aromatic heterocycles. The lowest BCUT2D eigenvalue weighted by Crippen LogP contribution is -2.25. The van der Waals surface area contributed by atoms with E-state index in [9.17, 15) is 0 Å². The van der Waals surface area contributed by atoms with Crippen LogP contribution in [0.4, 0.5) is 0 Å². The van der Waals surface area contributed by atoms with Gasteiger partial charge in [0.25, 0.3) is 0 Å². The fourth-order valence-electron chi connectivity index (χ4n) is 8.77.